The van der Waals surface area contributed by atoms with Gasteiger partial charge in [-0.25, -0.2) is 13.6 Å². The Bertz CT molecular complexity index is 1200. The molecule has 1 saturated heterocycles. The molecule has 0 bridgehead atoms. The molecule has 174 valence electrons. The lowest BCUT2D eigenvalue weighted by Gasteiger charge is -2.47. The molecule has 1 heterocycles. The molecule has 1 N–H and O–H groups in total. The van der Waals surface area contributed by atoms with Gasteiger partial charge in [-0.3, -0.25) is 9.59 Å². The van der Waals surface area contributed by atoms with E-state index in [2.05, 4.69) is 0 Å². The quantitative estimate of drug-likeness (QED) is 0.356. The first-order valence-electron chi connectivity index (χ1n) is 10.3. The van der Waals surface area contributed by atoms with Crippen LogP contribution in [-0.4, -0.2) is 40.4 Å². The van der Waals surface area contributed by atoms with Crippen molar-refractivity contribution in [3.05, 3.63) is 95.6 Å². The highest BCUT2D eigenvalue weighted by Crippen LogP contribution is 2.45. The van der Waals surface area contributed by atoms with Crippen molar-refractivity contribution in [2.45, 2.75) is 11.3 Å². The van der Waals surface area contributed by atoms with E-state index in [1.165, 1.54) is 65.2 Å². The summed E-state index contributed by atoms with van der Waals surface area (Å²) in [5, 5.41) is 8.19. The molecule has 2 atom stereocenters. The van der Waals surface area contributed by atoms with Crippen LogP contribution in [-0.2, 0) is 9.59 Å². The number of benzene rings is 3. The van der Waals surface area contributed by atoms with E-state index < -0.39 is 35.5 Å². The molecule has 0 aliphatic carbocycles. The molecule has 6 nitrogen and oxygen atoms in total. The van der Waals surface area contributed by atoms with E-state index in [0.29, 0.717) is 17.0 Å². The summed E-state index contributed by atoms with van der Waals surface area (Å²) in [5.41, 5.74) is 1.62. The Labute approximate surface area is 198 Å². The number of thioether (sulfide) groups is 1. The van der Waals surface area contributed by atoms with Gasteiger partial charge in [-0.2, -0.15) is 0 Å². The zero-order chi connectivity index (χ0) is 24.2. The minimum atomic E-state index is -1.10. The van der Waals surface area contributed by atoms with Gasteiger partial charge in [-0.15, -0.1) is 11.8 Å². The van der Waals surface area contributed by atoms with Crippen LogP contribution in [0.3, 0.4) is 0 Å². The standard InChI is InChI=1S/C25H19F2NO5S/c26-17-5-1-15(2-6-17)21(29)14-34-24-23(16-3-11-20(12-4-16)33-13-22(30)31)28(25(24)32)19-9-7-18(27)8-10-19/h1-12,23-24H,13-14H2,(H,30,31). The summed E-state index contributed by atoms with van der Waals surface area (Å²) in [5.74, 6) is -2.03. The zero-order valence-corrected chi connectivity index (χ0v) is 18.5. The Kier molecular flexibility index (Phi) is 6.93. The number of Topliss-reactive ketones (excluding diaryl/α,β-unsaturated/α-hetero) is 1. The van der Waals surface area contributed by atoms with Gasteiger partial charge in [0.15, 0.2) is 12.4 Å². The normalized spacial score (nSPS) is 17.2. The average Bonchev–Trinajstić information content (AvgIpc) is 2.83. The van der Waals surface area contributed by atoms with Crippen LogP contribution in [0.25, 0.3) is 0 Å². The summed E-state index contributed by atoms with van der Waals surface area (Å²) in [7, 11) is 0. The predicted molar refractivity (Wildman–Crippen MR) is 123 cm³/mol. The van der Waals surface area contributed by atoms with Gasteiger partial charge in [0.2, 0.25) is 5.91 Å². The molecular formula is C25H19F2NO5S. The van der Waals surface area contributed by atoms with E-state index in [1.54, 1.807) is 24.3 Å². The summed E-state index contributed by atoms with van der Waals surface area (Å²) in [4.78, 5) is 37.8. The molecule has 0 radical (unpaired) electrons. The maximum Gasteiger partial charge on any atom is 0.341 e. The summed E-state index contributed by atoms with van der Waals surface area (Å²) >= 11 is 1.18. The number of rotatable bonds is 9. The fourth-order valence-corrected chi connectivity index (χ4v) is 4.84. The summed E-state index contributed by atoms with van der Waals surface area (Å²) in [6, 6.07) is 17.0. The number of carbonyl (C=O) groups excluding carboxylic acids is 2. The number of hydrogen-bond donors (Lipinski definition) is 1. The third-order valence-corrected chi connectivity index (χ3v) is 6.54. The summed E-state index contributed by atoms with van der Waals surface area (Å²) in [6.45, 7) is -0.479. The van der Waals surface area contributed by atoms with E-state index in [9.17, 15) is 23.2 Å². The molecule has 1 aliphatic heterocycles. The fraction of sp³-hybridized carbons (Fsp3) is 0.160. The van der Waals surface area contributed by atoms with Crippen LogP contribution >= 0.6 is 11.8 Å². The van der Waals surface area contributed by atoms with Gasteiger partial charge >= 0.3 is 5.97 Å². The third kappa shape index (κ3) is 5.09. The maximum absolute atomic E-state index is 13.4. The van der Waals surface area contributed by atoms with Crippen molar-refractivity contribution in [2.24, 2.45) is 0 Å². The van der Waals surface area contributed by atoms with Gasteiger partial charge in [-0.05, 0) is 66.2 Å². The third-order valence-electron chi connectivity index (χ3n) is 5.29. The molecule has 3 aromatic carbocycles. The number of carboxylic acids is 1. The van der Waals surface area contributed by atoms with Gasteiger partial charge in [0, 0.05) is 11.3 Å². The molecule has 0 aromatic heterocycles. The van der Waals surface area contributed by atoms with Gasteiger partial charge < -0.3 is 14.7 Å². The van der Waals surface area contributed by atoms with E-state index in [4.69, 9.17) is 9.84 Å². The van der Waals surface area contributed by atoms with Gasteiger partial charge in [0.25, 0.3) is 0 Å². The monoisotopic (exact) mass is 483 g/mol. The Morgan fingerprint density at radius 3 is 2.09 bits per heavy atom. The molecule has 0 saturated carbocycles. The second kappa shape index (κ2) is 10.0. The molecule has 0 spiro atoms. The van der Waals surface area contributed by atoms with E-state index in [0.717, 1.165) is 5.56 Å². The van der Waals surface area contributed by atoms with E-state index in [1.807, 2.05) is 0 Å². The van der Waals surface area contributed by atoms with Crippen LogP contribution in [0.2, 0.25) is 0 Å². The molecule has 34 heavy (non-hydrogen) atoms. The molecule has 1 fully saturated rings. The number of amides is 1. The van der Waals surface area contributed by atoms with Gasteiger partial charge in [-0.1, -0.05) is 12.1 Å². The Morgan fingerprint density at radius 2 is 1.50 bits per heavy atom. The predicted octanol–water partition coefficient (Wildman–Crippen LogP) is 4.50. The molecule has 1 aliphatic rings. The largest absolute Gasteiger partial charge is 0.482 e. The second-order valence-electron chi connectivity index (χ2n) is 7.54. The number of ketones is 1. The lowest BCUT2D eigenvalue weighted by Crippen LogP contribution is -2.57. The van der Waals surface area contributed by atoms with Crippen LogP contribution in [0.15, 0.2) is 72.8 Å². The number of carbonyl (C=O) groups is 3. The van der Waals surface area contributed by atoms with Crippen molar-refractivity contribution in [2.75, 3.05) is 17.3 Å². The smallest absolute Gasteiger partial charge is 0.341 e. The number of nitrogens with zero attached hydrogens (tertiary/aromatic N) is 1. The van der Waals surface area contributed by atoms with Crippen LogP contribution < -0.4 is 9.64 Å². The zero-order valence-electron chi connectivity index (χ0n) is 17.7. The Balaban J connectivity index is 1.54. The average molecular weight is 483 g/mol. The first kappa shape index (κ1) is 23.4. The second-order valence-corrected chi connectivity index (χ2v) is 8.67. The van der Waals surface area contributed by atoms with Crippen molar-refractivity contribution >= 4 is 35.1 Å². The number of halogens is 2. The van der Waals surface area contributed by atoms with Crippen molar-refractivity contribution in [1.29, 1.82) is 0 Å². The van der Waals surface area contributed by atoms with Gasteiger partial charge in [0.1, 0.15) is 22.6 Å². The molecule has 4 rings (SSSR count). The Morgan fingerprint density at radius 1 is 0.912 bits per heavy atom. The minimum Gasteiger partial charge on any atom is -0.482 e. The minimum absolute atomic E-state index is 0.0234. The summed E-state index contributed by atoms with van der Waals surface area (Å²) < 4.78 is 31.7. The van der Waals surface area contributed by atoms with Crippen LogP contribution in [0.4, 0.5) is 14.5 Å². The molecule has 9 heteroatoms. The van der Waals surface area contributed by atoms with Crippen LogP contribution in [0.5, 0.6) is 5.75 Å². The molecule has 3 aromatic rings. The molecule has 2 unspecified atom stereocenters. The number of anilines is 1. The van der Waals surface area contributed by atoms with Crippen LogP contribution in [0, 0.1) is 11.6 Å². The number of aliphatic carboxylic acids is 1. The lowest BCUT2D eigenvalue weighted by molar-refractivity contribution is -0.139. The number of β-lactam (4-membered cyclic amide) rings is 1. The van der Waals surface area contributed by atoms with Gasteiger partial charge in [0.05, 0.1) is 11.8 Å². The van der Waals surface area contributed by atoms with Crippen molar-refractivity contribution in [3.8, 4) is 5.75 Å². The number of ether oxygens (including phenoxy) is 1. The summed E-state index contributed by atoms with van der Waals surface area (Å²) in [6.07, 6.45) is 0. The highest BCUT2D eigenvalue weighted by atomic mass is 32.2. The van der Waals surface area contributed by atoms with Crippen LogP contribution in [0.1, 0.15) is 22.0 Å². The lowest BCUT2D eigenvalue weighted by atomic mass is 9.92. The maximum atomic E-state index is 13.4. The van der Waals surface area contributed by atoms with Crippen molar-refractivity contribution in [1.82, 2.24) is 0 Å². The van der Waals surface area contributed by atoms with E-state index >= 15 is 0 Å². The number of carboxylic acid groups (broad SMARTS) is 1. The highest BCUT2D eigenvalue weighted by Gasteiger charge is 2.49. The highest BCUT2D eigenvalue weighted by molar-refractivity contribution is 8.01. The first-order chi connectivity index (χ1) is 16.3. The molecule has 1 amide bonds. The topological polar surface area (TPSA) is 83.9 Å². The SMILES string of the molecule is O=C(O)COc1ccc(C2C(SCC(=O)c3ccc(F)cc3)C(=O)N2c2ccc(F)cc2)cc1. The Hall–Kier alpha value is -3.72. The van der Waals surface area contributed by atoms with E-state index in [-0.39, 0.29) is 17.4 Å². The number of hydrogen-bond acceptors (Lipinski definition) is 5. The van der Waals surface area contributed by atoms with Crippen molar-refractivity contribution in [3.63, 3.8) is 0 Å². The molecular weight excluding hydrogens is 464 g/mol. The van der Waals surface area contributed by atoms with Crippen molar-refractivity contribution < 1.29 is 33.0 Å². The fourth-order valence-electron chi connectivity index (χ4n) is 3.63. The first-order valence-corrected chi connectivity index (χ1v) is 11.3.